The molecule has 0 aliphatic carbocycles. The van der Waals surface area contributed by atoms with Gasteiger partial charge in [-0.05, 0) is 24.7 Å². The van der Waals surface area contributed by atoms with E-state index in [0.717, 1.165) is 60.5 Å². The summed E-state index contributed by atoms with van der Waals surface area (Å²) in [7, 11) is 0. The molecular weight excluding hydrogens is 516 g/mol. The third kappa shape index (κ3) is 7.04. The molecule has 2 atom stereocenters. The highest BCUT2D eigenvalue weighted by Gasteiger charge is 2.30. The number of rotatable bonds is 14. The molecule has 2 aromatic heterocycles. The number of fused-ring (bicyclic) bond motifs is 2. The number of aromatic nitrogens is 2. The van der Waals surface area contributed by atoms with Gasteiger partial charge in [-0.15, -0.1) is 0 Å². The molecule has 0 bridgehead atoms. The van der Waals surface area contributed by atoms with E-state index in [1.807, 2.05) is 26.0 Å². The van der Waals surface area contributed by atoms with Crippen molar-refractivity contribution in [1.29, 1.82) is 10.5 Å². The third-order valence-corrected chi connectivity index (χ3v) is 8.23. The Bertz CT molecular complexity index is 1410. The standard InChI is InChI=1S/C28H34N4O4.C5H12/c1-5-9-11-17(7-3)15-31-25(33)21-19(13-29)23-24(20(14-30)22(21)26(31)34)28(36)32(27(23)35)16-18(8-4)12-10-6-2;1-3-5-4-2/h17-18H,5-12,15-16H2,1-4H3;3-5H2,1-2H3. The fourth-order valence-corrected chi connectivity index (χ4v) is 5.59. The topological polar surface area (TPSA) is 126 Å². The molecule has 0 aliphatic rings. The highest BCUT2D eigenvalue weighted by atomic mass is 16.2. The van der Waals surface area contributed by atoms with Gasteiger partial charge in [0, 0.05) is 13.1 Å². The van der Waals surface area contributed by atoms with Crippen molar-refractivity contribution in [3.63, 3.8) is 0 Å². The van der Waals surface area contributed by atoms with Crippen LogP contribution in [0.1, 0.15) is 123 Å². The first-order chi connectivity index (χ1) is 19.7. The van der Waals surface area contributed by atoms with Gasteiger partial charge < -0.3 is 0 Å². The first-order valence-corrected chi connectivity index (χ1v) is 15.5. The monoisotopic (exact) mass is 562 g/mol. The minimum Gasteiger partial charge on any atom is -0.274 e. The normalized spacial score (nSPS) is 12.6. The van der Waals surface area contributed by atoms with Gasteiger partial charge in [-0.3, -0.25) is 28.3 Å². The zero-order chi connectivity index (χ0) is 30.7. The molecule has 41 heavy (non-hydrogen) atoms. The Hall–Kier alpha value is -3.52. The van der Waals surface area contributed by atoms with E-state index in [9.17, 15) is 29.7 Å². The summed E-state index contributed by atoms with van der Waals surface area (Å²) in [4.78, 5) is 53.7. The van der Waals surface area contributed by atoms with Crippen LogP contribution >= 0.6 is 0 Å². The van der Waals surface area contributed by atoms with E-state index in [2.05, 4.69) is 27.7 Å². The van der Waals surface area contributed by atoms with Gasteiger partial charge >= 0.3 is 0 Å². The maximum absolute atomic E-state index is 13.4. The summed E-state index contributed by atoms with van der Waals surface area (Å²) in [5, 5.41) is 19.1. The number of nitriles is 2. The SMILES string of the molecule is CCCCC.CCCCC(CC)Cn1c(=O)c2c(C#N)c3c(=O)n(CC(CC)CCCC)c(=O)c3c(C#N)c2c1=O. The highest BCUT2D eigenvalue weighted by Crippen LogP contribution is 2.27. The number of hydrogen-bond acceptors (Lipinski definition) is 6. The van der Waals surface area contributed by atoms with E-state index in [1.165, 1.54) is 19.3 Å². The fourth-order valence-electron chi connectivity index (χ4n) is 5.59. The summed E-state index contributed by atoms with van der Waals surface area (Å²) in [5.74, 6) is 0.172. The molecule has 2 heterocycles. The van der Waals surface area contributed by atoms with Crippen LogP contribution in [0.4, 0.5) is 0 Å². The summed E-state index contributed by atoms with van der Waals surface area (Å²) < 4.78 is 2.16. The van der Waals surface area contributed by atoms with E-state index in [1.54, 1.807) is 0 Å². The Balaban J connectivity index is 0.00000108. The molecule has 0 saturated carbocycles. The van der Waals surface area contributed by atoms with Gasteiger partial charge in [0.15, 0.2) is 0 Å². The van der Waals surface area contributed by atoms with Crippen molar-refractivity contribution in [2.75, 3.05) is 0 Å². The highest BCUT2D eigenvalue weighted by molar-refractivity contribution is 6.09. The van der Waals surface area contributed by atoms with Crippen LogP contribution in [-0.4, -0.2) is 9.13 Å². The van der Waals surface area contributed by atoms with E-state index >= 15 is 0 Å². The maximum atomic E-state index is 13.4. The zero-order valence-electron chi connectivity index (χ0n) is 25.8. The second kappa shape index (κ2) is 16.1. The van der Waals surface area contributed by atoms with Crippen LogP contribution in [0, 0.1) is 34.5 Å². The summed E-state index contributed by atoms with van der Waals surface area (Å²) in [6.07, 6.45) is 11.2. The van der Waals surface area contributed by atoms with Crippen LogP contribution < -0.4 is 22.2 Å². The molecule has 8 nitrogen and oxygen atoms in total. The van der Waals surface area contributed by atoms with Gasteiger partial charge in [0.05, 0.1) is 32.7 Å². The van der Waals surface area contributed by atoms with Gasteiger partial charge in [0.1, 0.15) is 12.1 Å². The van der Waals surface area contributed by atoms with E-state index < -0.39 is 22.2 Å². The second-order valence-corrected chi connectivity index (χ2v) is 11.1. The fraction of sp³-hybridized carbons (Fsp3) is 0.636. The molecule has 2 unspecified atom stereocenters. The lowest BCUT2D eigenvalue weighted by Gasteiger charge is -2.14. The van der Waals surface area contributed by atoms with Crippen molar-refractivity contribution >= 4 is 21.5 Å². The average molecular weight is 563 g/mol. The van der Waals surface area contributed by atoms with Crippen molar-refractivity contribution < 1.29 is 0 Å². The van der Waals surface area contributed by atoms with Crippen molar-refractivity contribution in [2.45, 2.75) is 125 Å². The quantitative estimate of drug-likeness (QED) is 0.227. The Kier molecular flexibility index (Phi) is 13.2. The van der Waals surface area contributed by atoms with Crippen LogP contribution in [0.15, 0.2) is 19.2 Å². The zero-order valence-corrected chi connectivity index (χ0v) is 25.8. The molecule has 0 aliphatic heterocycles. The molecule has 0 radical (unpaired) electrons. The smallest absolute Gasteiger partial charge is 0.262 e. The van der Waals surface area contributed by atoms with Gasteiger partial charge in [-0.25, -0.2) is 0 Å². The molecule has 1 aromatic carbocycles. The average Bonchev–Trinajstić information content (AvgIpc) is 3.37. The van der Waals surface area contributed by atoms with Crippen molar-refractivity contribution in [3.05, 3.63) is 52.5 Å². The third-order valence-electron chi connectivity index (χ3n) is 8.23. The van der Waals surface area contributed by atoms with E-state index in [4.69, 9.17) is 0 Å². The molecule has 0 amide bonds. The minimum absolute atomic E-state index is 0.0860. The molecule has 222 valence electrons. The van der Waals surface area contributed by atoms with Gasteiger partial charge in [0.2, 0.25) is 0 Å². The first kappa shape index (κ1) is 33.7. The lowest BCUT2D eigenvalue weighted by atomic mass is 9.98. The van der Waals surface area contributed by atoms with Crippen molar-refractivity contribution in [1.82, 2.24) is 9.13 Å². The summed E-state index contributed by atoms with van der Waals surface area (Å²) in [5.41, 5.74) is -3.24. The molecule has 3 rings (SSSR count). The van der Waals surface area contributed by atoms with Crippen LogP contribution in [0.5, 0.6) is 0 Å². The summed E-state index contributed by atoms with van der Waals surface area (Å²) >= 11 is 0. The minimum atomic E-state index is -0.672. The van der Waals surface area contributed by atoms with E-state index in [0.29, 0.717) is 0 Å². The first-order valence-electron chi connectivity index (χ1n) is 15.5. The molecule has 0 fully saturated rings. The number of nitrogens with zero attached hydrogens (tertiary/aromatic N) is 4. The Morgan fingerprint density at radius 2 is 0.829 bits per heavy atom. The second-order valence-electron chi connectivity index (χ2n) is 11.1. The van der Waals surface area contributed by atoms with Crippen molar-refractivity contribution in [3.8, 4) is 12.1 Å². The summed E-state index contributed by atoms with van der Waals surface area (Å²) in [6.45, 7) is 12.9. The number of benzene rings is 1. The molecule has 3 aromatic rings. The van der Waals surface area contributed by atoms with Crippen LogP contribution in [0.25, 0.3) is 21.5 Å². The number of unbranched alkanes of at least 4 members (excludes halogenated alkanes) is 4. The van der Waals surface area contributed by atoms with Gasteiger partial charge in [-0.2, -0.15) is 10.5 Å². The Morgan fingerprint density at radius 3 is 1.02 bits per heavy atom. The Morgan fingerprint density at radius 1 is 0.537 bits per heavy atom. The predicted octanol–water partition coefficient (Wildman–Crippen LogP) is 6.29. The molecule has 0 spiro atoms. The lowest BCUT2D eigenvalue weighted by Crippen LogP contribution is -2.30. The predicted molar refractivity (Wildman–Crippen MR) is 166 cm³/mol. The van der Waals surface area contributed by atoms with Gasteiger partial charge in [0.25, 0.3) is 22.2 Å². The maximum Gasteiger partial charge on any atom is 0.262 e. The van der Waals surface area contributed by atoms with Crippen molar-refractivity contribution in [2.24, 2.45) is 11.8 Å². The molecule has 0 saturated heterocycles. The molecule has 8 heteroatoms. The van der Waals surface area contributed by atoms with Crippen LogP contribution in [-0.2, 0) is 13.1 Å². The van der Waals surface area contributed by atoms with Gasteiger partial charge in [-0.1, -0.05) is 99.3 Å². The Labute approximate surface area is 242 Å². The number of hydrogen-bond donors (Lipinski definition) is 0. The van der Waals surface area contributed by atoms with Crippen LogP contribution in [0.2, 0.25) is 0 Å². The largest absolute Gasteiger partial charge is 0.274 e. The lowest BCUT2D eigenvalue weighted by molar-refractivity contribution is 0.383. The molecular formula is C33H46N4O4. The van der Waals surface area contributed by atoms with E-state index in [-0.39, 0.29) is 57.6 Å². The molecule has 0 N–H and O–H groups in total. The van der Waals surface area contributed by atoms with Crippen LogP contribution in [0.3, 0.4) is 0 Å². The summed E-state index contributed by atoms with van der Waals surface area (Å²) in [6, 6.07) is 3.83.